The lowest BCUT2D eigenvalue weighted by molar-refractivity contribution is -0.137. The number of benzene rings is 2. The maximum atomic E-state index is 13.5. The Morgan fingerprint density at radius 3 is 2.25 bits per heavy atom. The molecule has 0 aliphatic carbocycles. The van der Waals surface area contributed by atoms with Crippen molar-refractivity contribution in [3.05, 3.63) is 53.6 Å². The van der Waals surface area contributed by atoms with Crippen LogP contribution in [0, 0.1) is 11.6 Å². The molecule has 0 radical (unpaired) electrons. The third-order valence-corrected chi connectivity index (χ3v) is 2.95. The van der Waals surface area contributed by atoms with E-state index in [4.69, 9.17) is 4.74 Å². The fourth-order valence-electron chi connectivity index (χ4n) is 1.85. The maximum absolute atomic E-state index is 13.5. The fourth-order valence-corrected chi connectivity index (χ4v) is 1.85. The quantitative estimate of drug-likeness (QED) is 0.796. The average molecular weight is 346 g/mol. The van der Waals surface area contributed by atoms with E-state index in [1.165, 1.54) is 7.11 Å². The van der Waals surface area contributed by atoms with Crippen molar-refractivity contribution in [2.45, 2.75) is 6.18 Å². The molecule has 24 heavy (non-hydrogen) atoms. The first-order valence-corrected chi connectivity index (χ1v) is 6.49. The number of anilines is 2. The summed E-state index contributed by atoms with van der Waals surface area (Å²) in [7, 11) is 1.21. The lowest BCUT2D eigenvalue weighted by Gasteiger charge is -2.14. The summed E-state index contributed by atoms with van der Waals surface area (Å²) >= 11 is 0. The first kappa shape index (κ1) is 17.5. The van der Waals surface area contributed by atoms with Gasteiger partial charge in [0.25, 0.3) is 0 Å². The van der Waals surface area contributed by atoms with Crippen LogP contribution >= 0.6 is 0 Å². The van der Waals surface area contributed by atoms with E-state index in [0.717, 1.165) is 24.3 Å². The van der Waals surface area contributed by atoms with Gasteiger partial charge in [0.2, 0.25) is 0 Å². The van der Waals surface area contributed by atoms with Crippen LogP contribution < -0.4 is 15.4 Å². The van der Waals surface area contributed by atoms with Crippen LogP contribution in [0.25, 0.3) is 0 Å². The van der Waals surface area contributed by atoms with Gasteiger partial charge in [-0.15, -0.1) is 0 Å². The van der Waals surface area contributed by atoms with Gasteiger partial charge in [-0.05, 0) is 30.3 Å². The van der Waals surface area contributed by atoms with Crippen LogP contribution in [0.5, 0.6) is 5.75 Å². The highest BCUT2D eigenvalue weighted by Gasteiger charge is 2.31. The molecule has 2 rings (SSSR count). The van der Waals surface area contributed by atoms with Gasteiger partial charge >= 0.3 is 12.2 Å². The number of methoxy groups -OCH3 is 1. The Labute approximate surface area is 133 Å². The molecule has 4 nitrogen and oxygen atoms in total. The van der Waals surface area contributed by atoms with Crippen molar-refractivity contribution < 1.29 is 31.5 Å². The Kier molecular flexibility index (Phi) is 4.91. The number of rotatable bonds is 3. The molecule has 0 aromatic heterocycles. The molecule has 0 aliphatic heterocycles. The molecular formula is C15H11F5N2O2. The van der Waals surface area contributed by atoms with E-state index in [1.807, 2.05) is 0 Å². The number of hydrogen-bond acceptors (Lipinski definition) is 2. The number of halogens is 5. The van der Waals surface area contributed by atoms with Crippen LogP contribution in [0.15, 0.2) is 36.4 Å². The predicted molar refractivity (Wildman–Crippen MR) is 77.0 cm³/mol. The summed E-state index contributed by atoms with van der Waals surface area (Å²) in [5.74, 6) is -1.88. The van der Waals surface area contributed by atoms with E-state index in [2.05, 4.69) is 10.6 Å². The fraction of sp³-hybridized carbons (Fsp3) is 0.133. The largest absolute Gasteiger partial charge is 0.495 e. The van der Waals surface area contributed by atoms with Crippen molar-refractivity contribution in [1.82, 2.24) is 0 Å². The molecule has 2 aromatic rings. The van der Waals surface area contributed by atoms with E-state index < -0.39 is 29.4 Å². The zero-order valence-corrected chi connectivity index (χ0v) is 12.2. The Hall–Kier alpha value is -2.84. The molecule has 0 heterocycles. The summed E-state index contributed by atoms with van der Waals surface area (Å²) in [4.78, 5) is 11.8. The molecule has 0 bridgehead atoms. The monoisotopic (exact) mass is 346 g/mol. The van der Waals surface area contributed by atoms with Crippen LogP contribution in [0.3, 0.4) is 0 Å². The van der Waals surface area contributed by atoms with Gasteiger partial charge < -0.3 is 15.4 Å². The molecule has 0 aliphatic rings. The molecule has 2 amide bonds. The van der Waals surface area contributed by atoms with Crippen LogP contribution in [-0.2, 0) is 6.18 Å². The molecule has 0 unspecified atom stereocenters. The summed E-state index contributed by atoms with van der Waals surface area (Å²) in [6.45, 7) is 0. The minimum Gasteiger partial charge on any atom is -0.495 e. The number of urea groups is 1. The van der Waals surface area contributed by atoms with Gasteiger partial charge in [0.05, 0.1) is 24.0 Å². The SMILES string of the molecule is COc1ccc(C(F)(F)F)cc1NC(=O)Nc1ccc(F)cc1F. The Morgan fingerprint density at radius 1 is 1.00 bits per heavy atom. The minimum atomic E-state index is -4.61. The van der Waals surface area contributed by atoms with Crippen molar-refractivity contribution in [1.29, 1.82) is 0 Å². The van der Waals surface area contributed by atoms with Gasteiger partial charge in [-0.1, -0.05) is 0 Å². The van der Waals surface area contributed by atoms with Gasteiger partial charge in [0.15, 0.2) is 0 Å². The van der Waals surface area contributed by atoms with Crippen LogP contribution in [0.1, 0.15) is 5.56 Å². The number of carbonyl (C=O) groups excluding carboxylic acids is 1. The van der Waals surface area contributed by atoms with Crippen LogP contribution in [-0.4, -0.2) is 13.1 Å². The number of alkyl halides is 3. The third-order valence-electron chi connectivity index (χ3n) is 2.95. The van der Waals surface area contributed by atoms with Crippen molar-refractivity contribution >= 4 is 17.4 Å². The van der Waals surface area contributed by atoms with Gasteiger partial charge in [-0.25, -0.2) is 13.6 Å². The third kappa shape index (κ3) is 4.12. The van der Waals surface area contributed by atoms with Gasteiger partial charge in [-0.3, -0.25) is 0 Å². The van der Waals surface area contributed by atoms with Crippen LogP contribution in [0.2, 0.25) is 0 Å². The van der Waals surface area contributed by atoms with Gasteiger partial charge in [-0.2, -0.15) is 13.2 Å². The number of amides is 2. The lowest BCUT2D eigenvalue weighted by Crippen LogP contribution is -2.21. The number of ether oxygens (including phenoxy) is 1. The zero-order valence-electron chi connectivity index (χ0n) is 12.2. The molecular weight excluding hydrogens is 335 g/mol. The van der Waals surface area contributed by atoms with E-state index >= 15 is 0 Å². The van der Waals surface area contributed by atoms with Crippen molar-refractivity contribution in [3.63, 3.8) is 0 Å². The summed E-state index contributed by atoms with van der Waals surface area (Å²) in [6, 6.07) is 3.95. The highest BCUT2D eigenvalue weighted by atomic mass is 19.4. The highest BCUT2D eigenvalue weighted by Crippen LogP contribution is 2.35. The summed E-state index contributed by atoms with van der Waals surface area (Å²) in [6.07, 6.45) is -4.61. The Balaban J connectivity index is 2.21. The molecule has 0 saturated carbocycles. The summed E-state index contributed by atoms with van der Waals surface area (Å²) in [5.41, 5.74) is -1.58. The topological polar surface area (TPSA) is 50.4 Å². The molecule has 9 heteroatoms. The molecule has 0 fully saturated rings. The van der Waals surface area contributed by atoms with Gasteiger partial charge in [0.1, 0.15) is 17.4 Å². The number of hydrogen-bond donors (Lipinski definition) is 2. The van der Waals surface area contributed by atoms with E-state index in [0.29, 0.717) is 12.1 Å². The maximum Gasteiger partial charge on any atom is 0.416 e. The molecule has 0 spiro atoms. The highest BCUT2D eigenvalue weighted by molar-refractivity contribution is 6.00. The van der Waals surface area contributed by atoms with Crippen LogP contribution in [0.4, 0.5) is 38.1 Å². The normalized spacial score (nSPS) is 11.1. The Bertz CT molecular complexity index is 762. The predicted octanol–water partition coefficient (Wildman–Crippen LogP) is 4.64. The molecule has 128 valence electrons. The van der Waals surface area contributed by atoms with E-state index in [9.17, 15) is 26.7 Å². The molecule has 0 saturated heterocycles. The Morgan fingerprint density at radius 2 is 1.67 bits per heavy atom. The van der Waals surface area contributed by atoms with Crippen molar-refractivity contribution in [2.24, 2.45) is 0 Å². The zero-order chi connectivity index (χ0) is 17.9. The second kappa shape index (κ2) is 6.73. The second-order valence-corrected chi connectivity index (χ2v) is 4.62. The average Bonchev–Trinajstić information content (AvgIpc) is 2.49. The van der Waals surface area contributed by atoms with Gasteiger partial charge in [0, 0.05) is 6.07 Å². The molecule has 2 aromatic carbocycles. The smallest absolute Gasteiger partial charge is 0.416 e. The second-order valence-electron chi connectivity index (χ2n) is 4.62. The lowest BCUT2D eigenvalue weighted by atomic mass is 10.2. The molecule has 0 atom stereocenters. The molecule has 2 N–H and O–H groups in total. The van der Waals surface area contributed by atoms with E-state index in [-0.39, 0.29) is 17.1 Å². The van der Waals surface area contributed by atoms with E-state index in [1.54, 1.807) is 0 Å². The first-order valence-electron chi connectivity index (χ1n) is 6.49. The minimum absolute atomic E-state index is 0.0160. The summed E-state index contributed by atoms with van der Waals surface area (Å²) < 4.78 is 69.3. The summed E-state index contributed by atoms with van der Waals surface area (Å²) in [5, 5.41) is 4.20. The first-order chi connectivity index (χ1) is 11.2. The number of nitrogens with one attached hydrogen (secondary N) is 2. The standard InChI is InChI=1S/C15H11F5N2O2/c1-24-13-5-2-8(15(18,19)20)6-12(13)22-14(23)21-11-4-3-9(16)7-10(11)17/h2-7H,1H3,(H2,21,22,23). The van der Waals surface area contributed by atoms with Crippen molar-refractivity contribution in [3.8, 4) is 5.75 Å². The number of carbonyl (C=O) groups is 1. The van der Waals surface area contributed by atoms with Crippen molar-refractivity contribution in [2.75, 3.05) is 17.7 Å².